The van der Waals surface area contributed by atoms with Crippen molar-refractivity contribution in [1.82, 2.24) is 0 Å². The highest BCUT2D eigenvalue weighted by Crippen LogP contribution is 2.41. The Balaban J connectivity index is 0.953. The van der Waals surface area contributed by atoms with Gasteiger partial charge in [-0.05, 0) is 167 Å². The number of aryl methyl sites for hydroxylation is 4. The molecule has 0 aliphatic heterocycles. The summed E-state index contributed by atoms with van der Waals surface area (Å²) >= 11 is 0. The van der Waals surface area contributed by atoms with Gasteiger partial charge in [0.15, 0.2) is 0 Å². The third-order valence-electron chi connectivity index (χ3n) is 13.0. The van der Waals surface area contributed by atoms with Crippen molar-refractivity contribution in [2.45, 2.75) is 27.7 Å². The van der Waals surface area contributed by atoms with Crippen LogP contribution in [0, 0.1) is 27.7 Å². The zero-order valence-electron chi connectivity index (χ0n) is 40.3. The predicted octanol–water partition coefficient (Wildman–Crippen LogP) is 18.7. The standard InChI is InChI=1S/C68H56N2/c1-49-25-43-67(51(3)45-49)69(61-35-27-53(28-36-61)47-65(57-17-9-5-10-18-57)58-19-11-6-12-20-58)63-39-31-55(32-40-63)56-33-41-64(42-34-56)70(68-44-26-50(2)46-52(68)4)62-37-29-54(30-38-62)48-66(59-21-13-7-14-22-59)60-23-15-8-16-24-60/h5-48H,1-4H3. The summed E-state index contributed by atoms with van der Waals surface area (Å²) in [6, 6.07) is 91.8. The molecular weight excluding hydrogens is 845 g/mol. The van der Waals surface area contributed by atoms with Gasteiger partial charge in [-0.25, -0.2) is 0 Å². The van der Waals surface area contributed by atoms with Crippen molar-refractivity contribution >= 4 is 57.4 Å². The van der Waals surface area contributed by atoms with E-state index in [1.807, 2.05) is 0 Å². The quantitative estimate of drug-likeness (QED) is 0.106. The summed E-state index contributed by atoms with van der Waals surface area (Å²) in [6.45, 7) is 8.72. The highest BCUT2D eigenvalue weighted by Gasteiger charge is 2.18. The molecule has 10 rings (SSSR count). The summed E-state index contributed by atoms with van der Waals surface area (Å²) in [5.74, 6) is 0. The Morgan fingerprint density at radius 2 is 0.557 bits per heavy atom. The molecule has 0 amide bonds. The summed E-state index contributed by atoms with van der Waals surface area (Å²) in [5, 5.41) is 0. The van der Waals surface area contributed by atoms with E-state index >= 15 is 0 Å². The number of anilines is 6. The largest absolute Gasteiger partial charge is 0.310 e. The molecular formula is C68H56N2. The van der Waals surface area contributed by atoms with Crippen molar-refractivity contribution in [3.63, 3.8) is 0 Å². The molecule has 10 aromatic carbocycles. The molecule has 2 nitrogen and oxygen atoms in total. The van der Waals surface area contributed by atoms with E-state index < -0.39 is 0 Å². The van der Waals surface area contributed by atoms with Gasteiger partial charge in [-0.3, -0.25) is 0 Å². The molecule has 0 bridgehead atoms. The average molecular weight is 901 g/mol. The van der Waals surface area contributed by atoms with Crippen LogP contribution in [0.1, 0.15) is 55.6 Å². The maximum atomic E-state index is 2.37. The minimum atomic E-state index is 1.10. The SMILES string of the molecule is Cc1ccc(N(c2ccc(C=C(c3ccccc3)c3ccccc3)cc2)c2ccc(-c3ccc(N(c4ccc(C=C(c5ccccc5)c5ccccc5)cc4)c4ccc(C)cc4C)cc3)cc2)c(C)c1. The maximum Gasteiger partial charge on any atom is 0.0490 e. The maximum absolute atomic E-state index is 2.37. The molecule has 10 aromatic rings. The normalized spacial score (nSPS) is 10.9. The molecule has 338 valence electrons. The van der Waals surface area contributed by atoms with Crippen molar-refractivity contribution < 1.29 is 0 Å². The second-order valence-electron chi connectivity index (χ2n) is 18.1. The van der Waals surface area contributed by atoms with Crippen molar-refractivity contribution in [1.29, 1.82) is 0 Å². The third-order valence-corrected chi connectivity index (χ3v) is 13.0. The van der Waals surface area contributed by atoms with Crippen molar-refractivity contribution in [2.24, 2.45) is 0 Å². The first-order valence-electron chi connectivity index (χ1n) is 24.2. The van der Waals surface area contributed by atoms with Gasteiger partial charge in [-0.1, -0.05) is 205 Å². The highest BCUT2D eigenvalue weighted by atomic mass is 15.1. The van der Waals surface area contributed by atoms with Gasteiger partial charge in [0.25, 0.3) is 0 Å². The molecule has 0 aliphatic rings. The Morgan fingerprint density at radius 3 is 0.829 bits per heavy atom. The van der Waals surface area contributed by atoms with E-state index in [1.54, 1.807) is 0 Å². The molecule has 2 heteroatoms. The minimum Gasteiger partial charge on any atom is -0.310 e. The number of hydrogen-bond acceptors (Lipinski definition) is 2. The van der Waals surface area contributed by atoms with E-state index in [1.165, 1.54) is 55.7 Å². The Hall–Kier alpha value is -8.72. The Morgan fingerprint density at radius 1 is 0.286 bits per heavy atom. The minimum absolute atomic E-state index is 1.10. The van der Waals surface area contributed by atoms with Crippen LogP contribution in [0.3, 0.4) is 0 Å². The van der Waals surface area contributed by atoms with Crippen LogP contribution in [0.5, 0.6) is 0 Å². The van der Waals surface area contributed by atoms with Crippen LogP contribution in [-0.2, 0) is 0 Å². The summed E-state index contributed by atoms with van der Waals surface area (Å²) < 4.78 is 0. The van der Waals surface area contributed by atoms with Gasteiger partial charge < -0.3 is 9.80 Å². The number of benzene rings is 10. The lowest BCUT2D eigenvalue weighted by molar-refractivity contribution is 1.23. The van der Waals surface area contributed by atoms with Crippen LogP contribution in [0.15, 0.2) is 255 Å². The monoisotopic (exact) mass is 900 g/mol. The second-order valence-corrected chi connectivity index (χ2v) is 18.1. The zero-order chi connectivity index (χ0) is 47.8. The lowest BCUT2D eigenvalue weighted by atomic mass is 9.95. The lowest BCUT2D eigenvalue weighted by Crippen LogP contribution is -2.11. The summed E-state index contributed by atoms with van der Waals surface area (Å²) in [7, 11) is 0. The van der Waals surface area contributed by atoms with Gasteiger partial charge in [0.2, 0.25) is 0 Å². The molecule has 0 heterocycles. The zero-order valence-corrected chi connectivity index (χ0v) is 40.3. The van der Waals surface area contributed by atoms with Crippen LogP contribution in [0.25, 0.3) is 34.4 Å². The first-order chi connectivity index (χ1) is 34.3. The van der Waals surface area contributed by atoms with Gasteiger partial charge >= 0.3 is 0 Å². The van der Waals surface area contributed by atoms with E-state index in [2.05, 4.69) is 304 Å². The van der Waals surface area contributed by atoms with Gasteiger partial charge in [0.05, 0.1) is 0 Å². The highest BCUT2D eigenvalue weighted by molar-refractivity contribution is 5.93. The second kappa shape index (κ2) is 20.7. The van der Waals surface area contributed by atoms with Crippen LogP contribution < -0.4 is 9.80 Å². The van der Waals surface area contributed by atoms with Gasteiger partial charge in [-0.2, -0.15) is 0 Å². The molecule has 0 atom stereocenters. The molecule has 0 unspecified atom stereocenters. The summed E-state index contributed by atoms with van der Waals surface area (Å²) in [5.41, 5.74) is 23.4. The first-order valence-corrected chi connectivity index (χ1v) is 24.2. The first kappa shape index (κ1) is 45.1. The fourth-order valence-electron chi connectivity index (χ4n) is 9.48. The fraction of sp³-hybridized carbons (Fsp3) is 0.0588. The number of hydrogen-bond donors (Lipinski definition) is 0. The van der Waals surface area contributed by atoms with E-state index in [-0.39, 0.29) is 0 Å². The molecule has 0 radical (unpaired) electrons. The smallest absolute Gasteiger partial charge is 0.0490 e. The lowest BCUT2D eigenvalue weighted by Gasteiger charge is -2.28. The van der Waals surface area contributed by atoms with Crippen molar-refractivity contribution in [3.05, 3.63) is 310 Å². The summed E-state index contributed by atoms with van der Waals surface area (Å²) in [6.07, 6.45) is 4.58. The Kier molecular flexibility index (Phi) is 13.3. The molecule has 0 aliphatic carbocycles. The fourth-order valence-corrected chi connectivity index (χ4v) is 9.48. The van der Waals surface area contributed by atoms with Crippen LogP contribution in [0.2, 0.25) is 0 Å². The van der Waals surface area contributed by atoms with E-state index in [9.17, 15) is 0 Å². The van der Waals surface area contributed by atoms with Crippen LogP contribution >= 0.6 is 0 Å². The molecule has 0 aromatic heterocycles. The Labute approximate surface area is 414 Å². The van der Waals surface area contributed by atoms with Gasteiger partial charge in [0.1, 0.15) is 0 Å². The Bertz CT molecular complexity index is 3070. The molecule has 0 saturated carbocycles. The molecule has 0 N–H and O–H groups in total. The topological polar surface area (TPSA) is 6.48 Å². The average Bonchev–Trinajstić information content (AvgIpc) is 3.41. The third kappa shape index (κ3) is 10.1. The van der Waals surface area contributed by atoms with Crippen LogP contribution in [-0.4, -0.2) is 0 Å². The van der Waals surface area contributed by atoms with Crippen molar-refractivity contribution in [2.75, 3.05) is 9.80 Å². The summed E-state index contributed by atoms with van der Waals surface area (Å²) in [4.78, 5) is 4.74. The van der Waals surface area contributed by atoms with Crippen LogP contribution in [0.4, 0.5) is 34.1 Å². The molecule has 0 fully saturated rings. The number of rotatable bonds is 13. The van der Waals surface area contributed by atoms with E-state index in [4.69, 9.17) is 0 Å². The van der Waals surface area contributed by atoms with E-state index in [0.717, 1.165) is 56.4 Å². The van der Waals surface area contributed by atoms with Gasteiger partial charge in [-0.15, -0.1) is 0 Å². The number of nitrogens with zero attached hydrogens (tertiary/aromatic N) is 2. The van der Waals surface area contributed by atoms with Crippen molar-refractivity contribution in [3.8, 4) is 11.1 Å². The molecule has 0 saturated heterocycles. The van der Waals surface area contributed by atoms with Gasteiger partial charge in [0, 0.05) is 34.1 Å². The van der Waals surface area contributed by atoms with E-state index in [0.29, 0.717) is 0 Å². The predicted molar refractivity (Wildman–Crippen MR) is 300 cm³/mol. The molecule has 0 spiro atoms. The molecule has 70 heavy (non-hydrogen) atoms.